The number of halogens is 1. The molecule has 0 bridgehead atoms. The molecule has 1 N–H and O–H groups in total. The Bertz CT molecular complexity index is 812. The number of rotatable bonds is 3. The lowest BCUT2D eigenvalue weighted by Gasteiger charge is -2.35. The van der Waals surface area contributed by atoms with Crippen LogP contribution in [-0.4, -0.2) is 53.7 Å². The number of likely N-dealkylation sites (tertiary alicyclic amines) is 2. The Morgan fingerprint density at radius 1 is 1.00 bits per heavy atom. The van der Waals surface area contributed by atoms with Crippen molar-refractivity contribution in [1.29, 1.82) is 0 Å². The zero-order chi connectivity index (χ0) is 21.9. The van der Waals surface area contributed by atoms with Crippen LogP contribution in [0.4, 0.5) is 5.69 Å². The Morgan fingerprint density at radius 2 is 1.67 bits per heavy atom. The van der Waals surface area contributed by atoms with Gasteiger partial charge in [-0.3, -0.25) is 14.4 Å². The van der Waals surface area contributed by atoms with Crippen LogP contribution in [0.3, 0.4) is 0 Å². The molecule has 3 amide bonds. The smallest absolute Gasteiger partial charge is 0.255 e. The predicted molar refractivity (Wildman–Crippen MR) is 119 cm³/mol. The average molecular weight is 434 g/mol. The fourth-order valence-corrected chi connectivity index (χ4v) is 4.39. The van der Waals surface area contributed by atoms with Crippen molar-refractivity contribution in [1.82, 2.24) is 9.80 Å². The molecule has 3 rings (SSSR count). The monoisotopic (exact) mass is 433 g/mol. The van der Waals surface area contributed by atoms with Gasteiger partial charge in [-0.05, 0) is 50.3 Å². The first kappa shape index (κ1) is 22.6. The molecule has 2 aliphatic rings. The number of piperidine rings is 2. The Morgan fingerprint density at radius 3 is 2.30 bits per heavy atom. The van der Waals surface area contributed by atoms with Crippen molar-refractivity contribution in [3.05, 3.63) is 28.8 Å². The third kappa shape index (κ3) is 5.34. The van der Waals surface area contributed by atoms with E-state index in [-0.39, 0.29) is 23.6 Å². The second-order valence-electron chi connectivity index (χ2n) is 9.38. The molecule has 2 saturated heterocycles. The van der Waals surface area contributed by atoms with E-state index in [2.05, 4.69) is 5.32 Å². The van der Waals surface area contributed by atoms with Gasteiger partial charge in [0, 0.05) is 37.3 Å². The molecule has 0 radical (unpaired) electrons. The number of nitrogens with one attached hydrogen (secondary N) is 1. The Balaban J connectivity index is 1.63. The van der Waals surface area contributed by atoms with E-state index in [4.69, 9.17) is 11.6 Å². The molecular formula is C23H32ClN3O3. The normalized spacial score (nSPS) is 20.1. The molecule has 2 fully saturated rings. The summed E-state index contributed by atoms with van der Waals surface area (Å²) >= 11 is 6.38. The van der Waals surface area contributed by atoms with Crippen LogP contribution in [0.25, 0.3) is 0 Å². The maximum Gasteiger partial charge on any atom is 0.255 e. The van der Waals surface area contributed by atoms with Crippen LogP contribution >= 0.6 is 11.6 Å². The molecule has 1 atom stereocenters. The van der Waals surface area contributed by atoms with E-state index in [1.807, 2.05) is 25.7 Å². The minimum absolute atomic E-state index is 0.0545. The summed E-state index contributed by atoms with van der Waals surface area (Å²) in [4.78, 5) is 41.7. The zero-order valence-electron chi connectivity index (χ0n) is 18.2. The van der Waals surface area contributed by atoms with Gasteiger partial charge >= 0.3 is 0 Å². The molecule has 164 valence electrons. The molecule has 1 unspecified atom stereocenters. The fraction of sp³-hybridized carbons (Fsp3) is 0.609. The summed E-state index contributed by atoms with van der Waals surface area (Å²) < 4.78 is 0. The molecule has 30 heavy (non-hydrogen) atoms. The van der Waals surface area contributed by atoms with Crippen LogP contribution in [0.1, 0.15) is 63.2 Å². The van der Waals surface area contributed by atoms with Gasteiger partial charge in [0.2, 0.25) is 11.8 Å². The van der Waals surface area contributed by atoms with Crippen molar-refractivity contribution in [3.63, 3.8) is 0 Å². The van der Waals surface area contributed by atoms with E-state index in [1.165, 1.54) is 0 Å². The van der Waals surface area contributed by atoms with Gasteiger partial charge in [0.1, 0.15) is 0 Å². The van der Waals surface area contributed by atoms with Gasteiger partial charge in [0.25, 0.3) is 5.91 Å². The maximum atomic E-state index is 12.8. The number of carbonyl (C=O) groups excluding carboxylic acids is 3. The second-order valence-corrected chi connectivity index (χ2v) is 9.78. The number of amides is 3. The van der Waals surface area contributed by atoms with Crippen LogP contribution in [0, 0.1) is 11.3 Å². The minimum Gasteiger partial charge on any atom is -0.341 e. The molecule has 0 aromatic heterocycles. The Kier molecular flexibility index (Phi) is 7.06. The lowest BCUT2D eigenvalue weighted by Crippen LogP contribution is -2.47. The van der Waals surface area contributed by atoms with E-state index in [0.717, 1.165) is 45.2 Å². The molecule has 2 aliphatic heterocycles. The fourth-order valence-electron chi connectivity index (χ4n) is 4.13. The summed E-state index contributed by atoms with van der Waals surface area (Å²) in [5.74, 6) is -0.351. The van der Waals surface area contributed by atoms with Gasteiger partial charge in [-0.15, -0.1) is 0 Å². The SMILES string of the molecule is CC(C)(C)C(=O)N1CCCC(C(=O)Nc2ccc(C(=O)N3CCCCC3)c(Cl)c2)C1. The van der Waals surface area contributed by atoms with Gasteiger partial charge in [-0.2, -0.15) is 0 Å². The number of hydrogen-bond acceptors (Lipinski definition) is 3. The predicted octanol–water partition coefficient (Wildman–Crippen LogP) is 4.19. The van der Waals surface area contributed by atoms with Crippen molar-refractivity contribution in [2.24, 2.45) is 11.3 Å². The summed E-state index contributed by atoms with van der Waals surface area (Å²) in [6.45, 7) is 8.34. The standard InChI is InChI=1S/C23H32ClN3O3/c1-23(2,3)22(30)27-13-7-8-16(15-27)20(28)25-17-9-10-18(19(24)14-17)21(29)26-11-5-4-6-12-26/h9-10,14,16H,4-8,11-13,15H2,1-3H3,(H,25,28). The van der Waals surface area contributed by atoms with Gasteiger partial charge < -0.3 is 15.1 Å². The Labute approximate surface area is 183 Å². The molecule has 0 saturated carbocycles. The maximum absolute atomic E-state index is 12.8. The summed E-state index contributed by atoms with van der Waals surface area (Å²) in [7, 11) is 0. The molecule has 0 spiro atoms. The lowest BCUT2D eigenvalue weighted by molar-refractivity contribution is -0.142. The van der Waals surface area contributed by atoms with Crippen LogP contribution in [-0.2, 0) is 9.59 Å². The average Bonchev–Trinajstić information content (AvgIpc) is 2.73. The van der Waals surface area contributed by atoms with Crippen LogP contribution in [0.5, 0.6) is 0 Å². The van der Waals surface area contributed by atoms with E-state index >= 15 is 0 Å². The van der Waals surface area contributed by atoms with E-state index in [0.29, 0.717) is 29.4 Å². The van der Waals surface area contributed by atoms with Crippen molar-refractivity contribution in [2.75, 3.05) is 31.5 Å². The van der Waals surface area contributed by atoms with Crippen LogP contribution < -0.4 is 5.32 Å². The van der Waals surface area contributed by atoms with Crippen LogP contribution in [0.2, 0.25) is 5.02 Å². The van der Waals surface area contributed by atoms with Crippen molar-refractivity contribution >= 4 is 35.0 Å². The van der Waals surface area contributed by atoms with Gasteiger partial charge in [-0.1, -0.05) is 32.4 Å². The highest BCUT2D eigenvalue weighted by Crippen LogP contribution is 2.27. The lowest BCUT2D eigenvalue weighted by atomic mass is 9.91. The van der Waals surface area contributed by atoms with E-state index in [1.54, 1.807) is 23.1 Å². The van der Waals surface area contributed by atoms with Gasteiger partial charge in [0.05, 0.1) is 16.5 Å². The van der Waals surface area contributed by atoms with E-state index < -0.39 is 5.41 Å². The molecule has 0 aliphatic carbocycles. The number of hydrogen-bond donors (Lipinski definition) is 1. The minimum atomic E-state index is -0.456. The third-order valence-electron chi connectivity index (χ3n) is 5.83. The first-order valence-electron chi connectivity index (χ1n) is 10.9. The first-order valence-corrected chi connectivity index (χ1v) is 11.2. The largest absolute Gasteiger partial charge is 0.341 e. The number of carbonyl (C=O) groups is 3. The quantitative estimate of drug-likeness (QED) is 0.776. The molecule has 1 aromatic carbocycles. The number of nitrogens with zero attached hydrogens (tertiary/aromatic N) is 2. The topological polar surface area (TPSA) is 69.7 Å². The second kappa shape index (κ2) is 9.38. The highest BCUT2D eigenvalue weighted by molar-refractivity contribution is 6.34. The molecular weight excluding hydrogens is 402 g/mol. The summed E-state index contributed by atoms with van der Waals surface area (Å²) in [6.07, 6.45) is 4.76. The molecule has 6 nitrogen and oxygen atoms in total. The third-order valence-corrected chi connectivity index (χ3v) is 6.14. The first-order chi connectivity index (χ1) is 14.2. The zero-order valence-corrected chi connectivity index (χ0v) is 18.9. The summed E-state index contributed by atoms with van der Waals surface area (Å²) in [5, 5.41) is 3.25. The van der Waals surface area contributed by atoms with Crippen molar-refractivity contribution in [2.45, 2.75) is 52.9 Å². The molecule has 2 heterocycles. The number of benzene rings is 1. The summed E-state index contributed by atoms with van der Waals surface area (Å²) in [6, 6.07) is 5.05. The van der Waals surface area contributed by atoms with Gasteiger partial charge in [0.15, 0.2) is 0 Å². The Hall–Kier alpha value is -2.08. The molecule has 7 heteroatoms. The van der Waals surface area contributed by atoms with Crippen molar-refractivity contribution < 1.29 is 14.4 Å². The van der Waals surface area contributed by atoms with E-state index in [9.17, 15) is 14.4 Å². The molecule has 1 aromatic rings. The van der Waals surface area contributed by atoms with Crippen molar-refractivity contribution in [3.8, 4) is 0 Å². The highest BCUT2D eigenvalue weighted by Gasteiger charge is 2.33. The highest BCUT2D eigenvalue weighted by atomic mass is 35.5. The van der Waals surface area contributed by atoms with Crippen LogP contribution in [0.15, 0.2) is 18.2 Å². The van der Waals surface area contributed by atoms with Gasteiger partial charge in [-0.25, -0.2) is 0 Å². The summed E-state index contributed by atoms with van der Waals surface area (Å²) in [5.41, 5.74) is 0.582. The number of anilines is 1.